The van der Waals surface area contributed by atoms with Crippen molar-refractivity contribution in [1.29, 1.82) is 0 Å². The lowest BCUT2D eigenvalue weighted by molar-refractivity contribution is 0.0201. The number of hydrogen-bond acceptors (Lipinski definition) is 4. The molecule has 94 valence electrons. The van der Waals surface area contributed by atoms with Crippen LogP contribution in [-0.2, 0) is 0 Å². The molecule has 4 N–H and O–H groups in total. The van der Waals surface area contributed by atoms with E-state index in [1.807, 2.05) is 0 Å². The maximum Gasteiger partial charge on any atom is 0.338 e. The standard InChI is InChI=1S/C11H14FNO4/c1-13-5-9(14)10(15)6-2-3-8(12)7(4-6)11(16)17/h2-4,9-10,13-15H,5H2,1H3,(H,16,17). The quantitative estimate of drug-likeness (QED) is 0.590. The van der Waals surface area contributed by atoms with Gasteiger partial charge in [-0.25, -0.2) is 9.18 Å². The van der Waals surface area contributed by atoms with Crippen LogP contribution in [0.15, 0.2) is 18.2 Å². The molecule has 0 aromatic heterocycles. The molecule has 2 atom stereocenters. The number of carboxylic acid groups (broad SMARTS) is 1. The summed E-state index contributed by atoms with van der Waals surface area (Å²) in [6.07, 6.45) is -2.35. The maximum absolute atomic E-state index is 13.1. The average Bonchev–Trinajstić information content (AvgIpc) is 2.28. The Labute approximate surface area is 97.5 Å². The van der Waals surface area contributed by atoms with Crippen LogP contribution in [0.5, 0.6) is 0 Å². The summed E-state index contributed by atoms with van der Waals surface area (Å²) < 4.78 is 13.1. The molecule has 17 heavy (non-hydrogen) atoms. The smallest absolute Gasteiger partial charge is 0.338 e. The number of likely N-dealkylation sites (N-methyl/N-ethyl adjacent to an activating group) is 1. The molecule has 1 aromatic carbocycles. The van der Waals surface area contributed by atoms with Crippen molar-refractivity contribution >= 4 is 5.97 Å². The van der Waals surface area contributed by atoms with Crippen molar-refractivity contribution in [2.45, 2.75) is 12.2 Å². The van der Waals surface area contributed by atoms with E-state index < -0.39 is 29.6 Å². The number of nitrogens with one attached hydrogen (secondary N) is 1. The zero-order valence-corrected chi connectivity index (χ0v) is 9.22. The Balaban J connectivity index is 2.99. The van der Waals surface area contributed by atoms with Gasteiger partial charge in [-0.2, -0.15) is 0 Å². The number of aliphatic hydroxyl groups is 2. The summed E-state index contributed by atoms with van der Waals surface area (Å²) in [6, 6.07) is 3.21. The summed E-state index contributed by atoms with van der Waals surface area (Å²) in [5, 5.41) is 30.6. The molecular formula is C11H14FNO4. The number of aliphatic hydroxyl groups excluding tert-OH is 2. The molecule has 1 aromatic rings. The molecule has 0 radical (unpaired) electrons. The van der Waals surface area contributed by atoms with E-state index >= 15 is 0 Å². The third-order valence-corrected chi connectivity index (χ3v) is 2.34. The minimum atomic E-state index is -1.42. The molecule has 1 rings (SSSR count). The Hall–Kier alpha value is -1.50. The number of benzene rings is 1. The van der Waals surface area contributed by atoms with Crippen molar-refractivity contribution in [3.8, 4) is 0 Å². The van der Waals surface area contributed by atoms with Crippen LogP contribution >= 0.6 is 0 Å². The van der Waals surface area contributed by atoms with E-state index in [9.17, 15) is 19.4 Å². The Morgan fingerprint density at radius 2 is 2.12 bits per heavy atom. The predicted octanol–water partition coefficient (Wildman–Crippen LogP) is 0.138. The second kappa shape index (κ2) is 5.72. The summed E-state index contributed by atoms with van der Waals surface area (Å²) in [4.78, 5) is 10.7. The lowest BCUT2D eigenvalue weighted by Crippen LogP contribution is -2.29. The van der Waals surface area contributed by atoms with E-state index in [1.165, 1.54) is 6.07 Å². The van der Waals surface area contributed by atoms with Gasteiger partial charge in [-0.3, -0.25) is 0 Å². The van der Waals surface area contributed by atoms with E-state index in [2.05, 4.69) is 5.32 Å². The SMILES string of the molecule is CNCC(O)C(O)c1ccc(F)c(C(=O)O)c1. The van der Waals surface area contributed by atoms with Gasteiger partial charge in [-0.05, 0) is 24.7 Å². The lowest BCUT2D eigenvalue weighted by atomic mass is 10.0. The molecular weight excluding hydrogens is 229 g/mol. The van der Waals surface area contributed by atoms with Crippen LogP contribution in [0.25, 0.3) is 0 Å². The van der Waals surface area contributed by atoms with Crippen LogP contribution < -0.4 is 5.32 Å². The topological polar surface area (TPSA) is 89.8 Å². The first kappa shape index (κ1) is 13.6. The highest BCUT2D eigenvalue weighted by Gasteiger charge is 2.20. The number of rotatable bonds is 5. The molecule has 0 bridgehead atoms. The summed E-state index contributed by atoms with van der Waals surface area (Å²) in [7, 11) is 1.60. The Morgan fingerprint density at radius 3 is 2.65 bits per heavy atom. The van der Waals surface area contributed by atoms with E-state index in [4.69, 9.17) is 5.11 Å². The fourth-order valence-electron chi connectivity index (χ4n) is 1.43. The number of carbonyl (C=O) groups is 1. The molecule has 0 aliphatic rings. The monoisotopic (exact) mass is 243 g/mol. The summed E-state index contributed by atoms with van der Waals surface area (Å²) in [5.41, 5.74) is -0.371. The normalized spacial score (nSPS) is 14.4. The molecule has 5 nitrogen and oxygen atoms in total. The van der Waals surface area contributed by atoms with Gasteiger partial charge in [0.1, 0.15) is 11.9 Å². The zero-order valence-electron chi connectivity index (χ0n) is 9.22. The van der Waals surface area contributed by atoms with Gasteiger partial charge < -0.3 is 20.6 Å². The molecule has 6 heteroatoms. The predicted molar refractivity (Wildman–Crippen MR) is 58.3 cm³/mol. The van der Waals surface area contributed by atoms with Crippen molar-refractivity contribution < 1.29 is 24.5 Å². The molecule has 0 heterocycles. The number of halogens is 1. The van der Waals surface area contributed by atoms with Crippen molar-refractivity contribution in [2.75, 3.05) is 13.6 Å². The first-order chi connectivity index (χ1) is 7.97. The second-order valence-electron chi connectivity index (χ2n) is 3.61. The maximum atomic E-state index is 13.1. The molecule has 0 amide bonds. The molecule has 0 saturated heterocycles. The van der Waals surface area contributed by atoms with Crippen molar-refractivity contribution in [2.24, 2.45) is 0 Å². The highest BCUT2D eigenvalue weighted by atomic mass is 19.1. The average molecular weight is 243 g/mol. The molecule has 0 aliphatic heterocycles. The third-order valence-electron chi connectivity index (χ3n) is 2.34. The number of hydrogen-bond donors (Lipinski definition) is 4. The lowest BCUT2D eigenvalue weighted by Gasteiger charge is -2.18. The minimum absolute atomic E-state index is 0.140. The van der Waals surface area contributed by atoms with Crippen molar-refractivity contribution in [3.63, 3.8) is 0 Å². The van der Waals surface area contributed by atoms with E-state index in [1.54, 1.807) is 7.05 Å². The van der Waals surface area contributed by atoms with Crippen LogP contribution in [0.3, 0.4) is 0 Å². The number of carboxylic acids is 1. The third kappa shape index (κ3) is 3.23. The summed E-state index contributed by atoms with van der Waals surface area (Å²) >= 11 is 0. The first-order valence-corrected chi connectivity index (χ1v) is 5.00. The number of aromatic carboxylic acids is 1. The van der Waals surface area contributed by atoms with E-state index in [0.717, 1.165) is 12.1 Å². The van der Waals surface area contributed by atoms with Gasteiger partial charge >= 0.3 is 5.97 Å². The largest absolute Gasteiger partial charge is 0.478 e. The van der Waals surface area contributed by atoms with Crippen molar-refractivity contribution in [1.82, 2.24) is 5.32 Å². The molecule has 0 saturated carbocycles. The van der Waals surface area contributed by atoms with Crippen LogP contribution in [0.1, 0.15) is 22.0 Å². The second-order valence-corrected chi connectivity index (χ2v) is 3.61. The minimum Gasteiger partial charge on any atom is -0.478 e. The Morgan fingerprint density at radius 1 is 1.47 bits per heavy atom. The Kier molecular flexibility index (Phi) is 4.56. The van der Waals surface area contributed by atoms with Gasteiger partial charge in [-0.1, -0.05) is 6.07 Å². The molecule has 0 spiro atoms. The molecule has 0 fully saturated rings. The van der Waals surface area contributed by atoms with Crippen molar-refractivity contribution in [3.05, 3.63) is 35.1 Å². The van der Waals surface area contributed by atoms with Gasteiger partial charge in [0.05, 0.1) is 11.7 Å². The molecule has 0 aliphatic carbocycles. The van der Waals surface area contributed by atoms with Gasteiger partial charge in [-0.15, -0.1) is 0 Å². The fraction of sp³-hybridized carbons (Fsp3) is 0.364. The highest BCUT2D eigenvalue weighted by molar-refractivity contribution is 5.88. The zero-order chi connectivity index (χ0) is 13.0. The van der Waals surface area contributed by atoms with Gasteiger partial charge in [0.2, 0.25) is 0 Å². The van der Waals surface area contributed by atoms with Crippen LogP contribution in [0, 0.1) is 5.82 Å². The Bertz CT molecular complexity index is 410. The fourth-order valence-corrected chi connectivity index (χ4v) is 1.43. The summed E-state index contributed by atoms with van der Waals surface area (Å²) in [5.74, 6) is -2.30. The van der Waals surface area contributed by atoms with E-state index in [-0.39, 0.29) is 12.1 Å². The highest BCUT2D eigenvalue weighted by Crippen LogP contribution is 2.20. The van der Waals surface area contributed by atoms with Gasteiger partial charge in [0, 0.05) is 6.54 Å². The van der Waals surface area contributed by atoms with Crippen LogP contribution in [0.2, 0.25) is 0 Å². The first-order valence-electron chi connectivity index (χ1n) is 5.00. The molecule has 2 unspecified atom stereocenters. The summed E-state index contributed by atoms with van der Waals surface area (Å²) in [6.45, 7) is 0.140. The van der Waals surface area contributed by atoms with Crippen LogP contribution in [-0.4, -0.2) is 41.0 Å². The van der Waals surface area contributed by atoms with Crippen LogP contribution in [0.4, 0.5) is 4.39 Å². The van der Waals surface area contributed by atoms with E-state index in [0.29, 0.717) is 0 Å². The van der Waals surface area contributed by atoms with Gasteiger partial charge in [0.15, 0.2) is 0 Å². The van der Waals surface area contributed by atoms with Gasteiger partial charge in [0.25, 0.3) is 0 Å².